The summed E-state index contributed by atoms with van der Waals surface area (Å²) in [6.45, 7) is 10.4. The van der Waals surface area contributed by atoms with Crippen molar-refractivity contribution in [2.45, 2.75) is 71.5 Å². The van der Waals surface area contributed by atoms with Gasteiger partial charge in [-0.25, -0.2) is 0 Å². The van der Waals surface area contributed by atoms with Crippen LogP contribution in [0, 0.1) is 17.3 Å². The summed E-state index contributed by atoms with van der Waals surface area (Å²) in [5.74, 6) is 3.01. The van der Waals surface area contributed by atoms with E-state index >= 15 is 0 Å². The lowest BCUT2D eigenvalue weighted by Crippen LogP contribution is -2.37. The zero-order valence-electron chi connectivity index (χ0n) is 12.9. The predicted octanol–water partition coefficient (Wildman–Crippen LogP) is 4.70. The third-order valence-corrected chi connectivity index (χ3v) is 6.61. The van der Waals surface area contributed by atoms with E-state index in [4.69, 9.17) is 5.73 Å². The highest BCUT2D eigenvalue weighted by molar-refractivity contribution is 7.99. The van der Waals surface area contributed by atoms with E-state index in [-0.39, 0.29) is 0 Å². The van der Waals surface area contributed by atoms with Crippen LogP contribution in [0.4, 0.5) is 0 Å². The first-order chi connectivity index (χ1) is 8.55. The number of thioether (sulfide) groups is 1. The molecule has 0 bridgehead atoms. The third-order valence-electron chi connectivity index (χ3n) is 5.08. The fourth-order valence-corrected chi connectivity index (χ4v) is 4.69. The van der Waals surface area contributed by atoms with Crippen LogP contribution in [0.25, 0.3) is 0 Å². The summed E-state index contributed by atoms with van der Waals surface area (Å²) in [5, 5.41) is 0.825. The van der Waals surface area contributed by atoms with Gasteiger partial charge in [-0.2, -0.15) is 11.8 Å². The third kappa shape index (κ3) is 4.45. The van der Waals surface area contributed by atoms with Crippen molar-refractivity contribution in [3.05, 3.63) is 0 Å². The first-order valence-electron chi connectivity index (χ1n) is 7.86. The molecule has 0 heterocycles. The molecule has 108 valence electrons. The maximum Gasteiger partial charge on any atom is 0.00901 e. The smallest absolute Gasteiger partial charge is 0.00901 e. The Morgan fingerprint density at radius 3 is 2.50 bits per heavy atom. The molecule has 0 radical (unpaired) electrons. The van der Waals surface area contributed by atoms with Crippen LogP contribution in [0.5, 0.6) is 0 Å². The van der Waals surface area contributed by atoms with Gasteiger partial charge in [0.2, 0.25) is 0 Å². The van der Waals surface area contributed by atoms with Crippen molar-refractivity contribution in [1.82, 2.24) is 0 Å². The summed E-state index contributed by atoms with van der Waals surface area (Å²) >= 11 is 2.20. The van der Waals surface area contributed by atoms with Crippen LogP contribution in [0.15, 0.2) is 0 Å². The van der Waals surface area contributed by atoms with Gasteiger partial charge in [0.1, 0.15) is 0 Å². The molecule has 0 aromatic heterocycles. The lowest BCUT2D eigenvalue weighted by molar-refractivity contribution is 0.134. The van der Waals surface area contributed by atoms with Gasteiger partial charge in [-0.05, 0) is 55.2 Å². The zero-order chi connectivity index (χ0) is 13.6. The van der Waals surface area contributed by atoms with Gasteiger partial charge in [-0.3, -0.25) is 0 Å². The molecule has 2 heteroatoms. The van der Waals surface area contributed by atoms with Crippen molar-refractivity contribution in [3.8, 4) is 0 Å². The van der Waals surface area contributed by atoms with E-state index in [9.17, 15) is 0 Å². The summed E-state index contributed by atoms with van der Waals surface area (Å²) in [6.07, 6.45) is 8.13. The van der Waals surface area contributed by atoms with Crippen molar-refractivity contribution < 1.29 is 0 Å². The van der Waals surface area contributed by atoms with Gasteiger partial charge in [0.15, 0.2) is 0 Å². The first-order valence-corrected chi connectivity index (χ1v) is 8.91. The Morgan fingerprint density at radius 1 is 1.22 bits per heavy atom. The standard InChI is InChI=1S/C16H33NS/c1-5-7-10-18-15-11-14(16(3,4)6-2)9-8-13(15)12-17/h13-15H,5-12,17H2,1-4H3. The molecule has 1 saturated carbocycles. The molecule has 3 atom stereocenters. The topological polar surface area (TPSA) is 26.0 Å². The van der Waals surface area contributed by atoms with Crippen molar-refractivity contribution in [2.75, 3.05) is 12.3 Å². The van der Waals surface area contributed by atoms with Gasteiger partial charge in [0.25, 0.3) is 0 Å². The molecular formula is C16H33NS. The highest BCUT2D eigenvalue weighted by Crippen LogP contribution is 2.45. The van der Waals surface area contributed by atoms with Crippen LogP contribution < -0.4 is 5.73 Å². The number of rotatable bonds is 7. The quantitative estimate of drug-likeness (QED) is 0.679. The van der Waals surface area contributed by atoms with Crippen LogP contribution >= 0.6 is 11.8 Å². The molecule has 0 spiro atoms. The number of unbranched alkanes of at least 4 members (excludes halogenated alkanes) is 1. The van der Waals surface area contributed by atoms with Crippen LogP contribution in [0.3, 0.4) is 0 Å². The minimum Gasteiger partial charge on any atom is -0.330 e. The molecule has 1 aliphatic rings. The second kappa shape index (κ2) is 7.79. The minimum atomic E-state index is 0.517. The molecule has 0 aromatic rings. The van der Waals surface area contributed by atoms with Crippen LogP contribution in [0.2, 0.25) is 0 Å². The van der Waals surface area contributed by atoms with Gasteiger partial charge in [-0.15, -0.1) is 0 Å². The zero-order valence-corrected chi connectivity index (χ0v) is 13.7. The lowest BCUT2D eigenvalue weighted by atomic mass is 9.67. The summed E-state index contributed by atoms with van der Waals surface area (Å²) in [7, 11) is 0. The largest absolute Gasteiger partial charge is 0.330 e. The second-order valence-corrected chi connectivity index (χ2v) is 7.96. The highest BCUT2D eigenvalue weighted by atomic mass is 32.2. The van der Waals surface area contributed by atoms with Crippen LogP contribution in [0.1, 0.15) is 66.2 Å². The Balaban J connectivity index is 2.54. The maximum atomic E-state index is 5.97. The van der Waals surface area contributed by atoms with E-state index in [0.29, 0.717) is 5.41 Å². The Labute approximate surface area is 119 Å². The molecule has 1 fully saturated rings. The van der Waals surface area contributed by atoms with Crippen molar-refractivity contribution in [3.63, 3.8) is 0 Å². The summed E-state index contributed by atoms with van der Waals surface area (Å²) < 4.78 is 0. The maximum absolute atomic E-state index is 5.97. The summed E-state index contributed by atoms with van der Waals surface area (Å²) in [4.78, 5) is 0. The van der Waals surface area contributed by atoms with Gasteiger partial charge in [-0.1, -0.05) is 40.5 Å². The van der Waals surface area contributed by atoms with Crippen LogP contribution in [-0.2, 0) is 0 Å². The monoisotopic (exact) mass is 271 g/mol. The Morgan fingerprint density at radius 2 is 1.94 bits per heavy atom. The normalized spacial score (nSPS) is 29.5. The molecule has 0 saturated heterocycles. The van der Waals surface area contributed by atoms with Crippen molar-refractivity contribution in [2.24, 2.45) is 23.0 Å². The first kappa shape index (κ1) is 16.4. The minimum absolute atomic E-state index is 0.517. The molecule has 18 heavy (non-hydrogen) atoms. The summed E-state index contributed by atoms with van der Waals surface area (Å²) in [6, 6.07) is 0. The average Bonchev–Trinajstić information content (AvgIpc) is 2.39. The Hall–Kier alpha value is 0.310. The Kier molecular flexibility index (Phi) is 7.08. The van der Waals surface area contributed by atoms with E-state index in [1.165, 1.54) is 44.3 Å². The predicted molar refractivity (Wildman–Crippen MR) is 85.1 cm³/mol. The molecular weight excluding hydrogens is 238 g/mol. The number of hydrogen-bond acceptors (Lipinski definition) is 2. The lowest BCUT2D eigenvalue weighted by Gasteiger charge is -2.42. The molecule has 1 rings (SSSR count). The molecule has 0 amide bonds. The van der Waals surface area contributed by atoms with Crippen molar-refractivity contribution >= 4 is 11.8 Å². The van der Waals surface area contributed by atoms with Gasteiger partial charge >= 0.3 is 0 Å². The molecule has 1 aliphatic carbocycles. The molecule has 1 nitrogen and oxygen atoms in total. The molecule has 0 aromatic carbocycles. The Bertz CT molecular complexity index is 227. The molecule has 3 unspecified atom stereocenters. The van der Waals surface area contributed by atoms with E-state index in [0.717, 1.165) is 23.6 Å². The van der Waals surface area contributed by atoms with Crippen molar-refractivity contribution in [1.29, 1.82) is 0 Å². The molecule has 0 aliphatic heterocycles. The SMILES string of the molecule is CCCCSC1CC(C(C)(C)CC)CCC1CN. The van der Waals surface area contributed by atoms with Crippen LogP contribution in [-0.4, -0.2) is 17.5 Å². The fraction of sp³-hybridized carbons (Fsp3) is 1.00. The molecule has 2 N–H and O–H groups in total. The summed E-state index contributed by atoms with van der Waals surface area (Å²) in [5.41, 5.74) is 6.49. The van der Waals surface area contributed by atoms with E-state index in [1.54, 1.807) is 0 Å². The van der Waals surface area contributed by atoms with E-state index in [1.807, 2.05) is 0 Å². The second-order valence-electron chi connectivity index (χ2n) is 6.61. The number of hydrogen-bond donors (Lipinski definition) is 1. The van der Waals surface area contributed by atoms with Gasteiger partial charge in [0, 0.05) is 5.25 Å². The van der Waals surface area contributed by atoms with E-state index < -0.39 is 0 Å². The number of nitrogens with two attached hydrogens (primary N) is 1. The average molecular weight is 272 g/mol. The van der Waals surface area contributed by atoms with Gasteiger partial charge in [0.05, 0.1) is 0 Å². The van der Waals surface area contributed by atoms with E-state index in [2.05, 4.69) is 39.5 Å². The van der Waals surface area contributed by atoms with Gasteiger partial charge < -0.3 is 5.73 Å². The fourth-order valence-electron chi connectivity index (χ4n) is 3.04. The highest BCUT2D eigenvalue weighted by Gasteiger charge is 2.36.